The standard InChI is InChI=1S/C22H27ClN2O3S/c1-16-9-10-17(22(26)24-19-7-5-3-4-6-8-19)15-21(16)25(2)29(27,28)20-13-11-18(23)12-14-20/h9-15,19H,3-8H2,1-2H3,(H,24,26). The first-order chi connectivity index (χ1) is 13.8. The van der Waals surface area contributed by atoms with Gasteiger partial charge in [0, 0.05) is 23.7 Å². The van der Waals surface area contributed by atoms with Crippen molar-refractivity contribution in [1.29, 1.82) is 0 Å². The Morgan fingerprint density at radius 3 is 2.28 bits per heavy atom. The third kappa shape index (κ3) is 5.11. The smallest absolute Gasteiger partial charge is 0.264 e. The van der Waals surface area contributed by atoms with Crippen LogP contribution in [0.1, 0.15) is 54.4 Å². The second-order valence-corrected chi connectivity index (χ2v) is 10.00. The number of nitrogens with one attached hydrogen (secondary N) is 1. The number of hydrogen-bond donors (Lipinski definition) is 1. The maximum Gasteiger partial charge on any atom is 0.264 e. The molecule has 2 aromatic rings. The average Bonchev–Trinajstić information content (AvgIpc) is 2.96. The van der Waals surface area contributed by atoms with Crippen molar-refractivity contribution in [3.8, 4) is 0 Å². The van der Waals surface area contributed by atoms with Crippen LogP contribution < -0.4 is 9.62 Å². The highest BCUT2D eigenvalue weighted by Gasteiger charge is 2.24. The lowest BCUT2D eigenvalue weighted by molar-refractivity contribution is 0.0933. The summed E-state index contributed by atoms with van der Waals surface area (Å²) >= 11 is 5.88. The molecule has 3 rings (SSSR count). The highest BCUT2D eigenvalue weighted by molar-refractivity contribution is 7.92. The molecule has 0 aliphatic heterocycles. The van der Waals surface area contributed by atoms with Crippen molar-refractivity contribution in [2.24, 2.45) is 0 Å². The van der Waals surface area contributed by atoms with E-state index in [1.54, 1.807) is 30.3 Å². The van der Waals surface area contributed by atoms with Crippen LogP contribution in [0.25, 0.3) is 0 Å². The summed E-state index contributed by atoms with van der Waals surface area (Å²) in [5, 5.41) is 3.59. The zero-order valence-electron chi connectivity index (χ0n) is 16.8. The Morgan fingerprint density at radius 1 is 1.03 bits per heavy atom. The van der Waals surface area contributed by atoms with E-state index in [1.165, 1.54) is 36.3 Å². The fourth-order valence-corrected chi connectivity index (χ4v) is 5.05. The molecule has 1 aliphatic rings. The average molecular weight is 435 g/mol. The summed E-state index contributed by atoms with van der Waals surface area (Å²) in [5.74, 6) is -0.157. The molecule has 1 amide bonds. The van der Waals surface area contributed by atoms with Gasteiger partial charge in [-0.2, -0.15) is 0 Å². The molecule has 0 saturated heterocycles. The van der Waals surface area contributed by atoms with Gasteiger partial charge in [0.05, 0.1) is 10.6 Å². The lowest BCUT2D eigenvalue weighted by atomic mass is 10.1. The van der Waals surface area contributed by atoms with E-state index in [-0.39, 0.29) is 16.8 Å². The molecular weight excluding hydrogens is 408 g/mol. The summed E-state index contributed by atoms with van der Waals surface area (Å²) in [7, 11) is -2.26. The molecule has 0 radical (unpaired) electrons. The van der Waals surface area contributed by atoms with Crippen LogP contribution >= 0.6 is 11.6 Å². The fraction of sp³-hybridized carbons (Fsp3) is 0.409. The van der Waals surface area contributed by atoms with Crippen molar-refractivity contribution in [3.63, 3.8) is 0 Å². The molecule has 5 nitrogen and oxygen atoms in total. The maximum atomic E-state index is 13.0. The van der Waals surface area contributed by atoms with Gasteiger partial charge in [0.2, 0.25) is 0 Å². The van der Waals surface area contributed by atoms with Crippen LogP contribution in [0.15, 0.2) is 47.4 Å². The fourth-order valence-electron chi connectivity index (χ4n) is 3.68. The molecule has 2 aromatic carbocycles. The molecule has 1 fully saturated rings. The zero-order valence-corrected chi connectivity index (χ0v) is 18.4. The number of aryl methyl sites for hydroxylation is 1. The topological polar surface area (TPSA) is 66.5 Å². The lowest BCUT2D eigenvalue weighted by Gasteiger charge is -2.23. The van der Waals surface area contributed by atoms with E-state index in [0.717, 1.165) is 31.2 Å². The molecule has 7 heteroatoms. The molecule has 29 heavy (non-hydrogen) atoms. The van der Waals surface area contributed by atoms with E-state index in [2.05, 4.69) is 5.32 Å². The highest BCUT2D eigenvalue weighted by Crippen LogP contribution is 2.27. The van der Waals surface area contributed by atoms with Crippen molar-refractivity contribution in [2.45, 2.75) is 56.4 Å². The van der Waals surface area contributed by atoms with Crippen LogP contribution in [0.2, 0.25) is 5.02 Å². The third-order valence-electron chi connectivity index (χ3n) is 5.47. The normalized spacial score (nSPS) is 15.6. The van der Waals surface area contributed by atoms with Gasteiger partial charge < -0.3 is 5.32 Å². The predicted molar refractivity (Wildman–Crippen MR) is 117 cm³/mol. The minimum atomic E-state index is -3.76. The number of carbonyl (C=O) groups is 1. The molecule has 0 heterocycles. The molecule has 1 saturated carbocycles. The number of amides is 1. The number of benzene rings is 2. The first kappa shape index (κ1) is 21.7. The van der Waals surface area contributed by atoms with Gasteiger partial charge in [-0.3, -0.25) is 9.10 Å². The van der Waals surface area contributed by atoms with Gasteiger partial charge in [0.25, 0.3) is 15.9 Å². The number of hydrogen-bond acceptors (Lipinski definition) is 3. The lowest BCUT2D eigenvalue weighted by Crippen LogP contribution is -2.34. The molecular formula is C22H27ClN2O3S. The van der Waals surface area contributed by atoms with Crippen molar-refractivity contribution in [3.05, 3.63) is 58.6 Å². The van der Waals surface area contributed by atoms with Crippen molar-refractivity contribution in [1.82, 2.24) is 5.32 Å². The Balaban J connectivity index is 1.84. The number of nitrogens with zero attached hydrogens (tertiary/aromatic N) is 1. The number of anilines is 1. The summed E-state index contributed by atoms with van der Waals surface area (Å²) in [5.41, 5.74) is 1.72. The Hall–Kier alpha value is -2.05. The van der Waals surface area contributed by atoms with Gasteiger partial charge in [-0.15, -0.1) is 0 Å². The summed E-state index contributed by atoms with van der Waals surface area (Å²) in [6, 6.07) is 11.4. The first-order valence-corrected chi connectivity index (χ1v) is 11.8. The zero-order chi connectivity index (χ0) is 21.0. The molecule has 0 unspecified atom stereocenters. The van der Waals surface area contributed by atoms with Crippen LogP contribution in [-0.2, 0) is 10.0 Å². The van der Waals surface area contributed by atoms with Gasteiger partial charge in [0.15, 0.2) is 0 Å². The third-order valence-corrected chi connectivity index (χ3v) is 7.51. The van der Waals surface area contributed by atoms with E-state index >= 15 is 0 Å². The minimum absolute atomic E-state index is 0.150. The van der Waals surface area contributed by atoms with Crippen LogP contribution in [0, 0.1) is 6.92 Å². The van der Waals surface area contributed by atoms with E-state index in [1.807, 2.05) is 6.92 Å². The quantitative estimate of drug-likeness (QED) is 0.678. The van der Waals surface area contributed by atoms with Crippen molar-refractivity contribution in [2.75, 3.05) is 11.4 Å². The SMILES string of the molecule is Cc1ccc(C(=O)NC2CCCCCC2)cc1N(C)S(=O)(=O)c1ccc(Cl)cc1. The van der Waals surface area contributed by atoms with Gasteiger partial charge in [0.1, 0.15) is 0 Å². The Morgan fingerprint density at radius 2 is 1.66 bits per heavy atom. The van der Waals surface area contributed by atoms with Gasteiger partial charge in [-0.05, 0) is 61.7 Å². The van der Waals surface area contributed by atoms with E-state index in [4.69, 9.17) is 11.6 Å². The molecule has 1 aliphatic carbocycles. The second kappa shape index (κ2) is 9.18. The Labute approximate surface area is 178 Å². The molecule has 0 spiro atoms. The second-order valence-electron chi connectivity index (χ2n) is 7.59. The molecule has 0 atom stereocenters. The van der Waals surface area contributed by atoms with E-state index < -0.39 is 10.0 Å². The number of carbonyl (C=O) groups excluding carboxylic acids is 1. The molecule has 0 bridgehead atoms. The Kier molecular flexibility index (Phi) is 6.85. The maximum absolute atomic E-state index is 13.0. The van der Waals surface area contributed by atoms with E-state index in [9.17, 15) is 13.2 Å². The Bertz CT molecular complexity index is 966. The molecule has 156 valence electrons. The van der Waals surface area contributed by atoms with Crippen LogP contribution in [-0.4, -0.2) is 27.4 Å². The van der Waals surface area contributed by atoms with Crippen LogP contribution in [0.3, 0.4) is 0 Å². The number of halogens is 1. The summed E-state index contributed by atoms with van der Waals surface area (Å²) in [6.07, 6.45) is 6.69. The molecule has 0 aromatic heterocycles. The number of sulfonamides is 1. The summed E-state index contributed by atoms with van der Waals surface area (Å²) < 4.78 is 27.2. The largest absolute Gasteiger partial charge is 0.349 e. The number of rotatable bonds is 5. The predicted octanol–water partition coefficient (Wildman–Crippen LogP) is 4.93. The monoisotopic (exact) mass is 434 g/mol. The minimum Gasteiger partial charge on any atom is -0.349 e. The highest BCUT2D eigenvalue weighted by atomic mass is 35.5. The van der Waals surface area contributed by atoms with Gasteiger partial charge in [-0.1, -0.05) is 43.4 Å². The molecule has 1 N–H and O–H groups in total. The van der Waals surface area contributed by atoms with Crippen molar-refractivity contribution >= 4 is 33.2 Å². The van der Waals surface area contributed by atoms with E-state index in [0.29, 0.717) is 16.3 Å². The van der Waals surface area contributed by atoms with Crippen molar-refractivity contribution < 1.29 is 13.2 Å². The van der Waals surface area contributed by atoms with Gasteiger partial charge in [-0.25, -0.2) is 8.42 Å². The van der Waals surface area contributed by atoms with Crippen LogP contribution in [0.5, 0.6) is 0 Å². The van der Waals surface area contributed by atoms with Crippen LogP contribution in [0.4, 0.5) is 5.69 Å². The first-order valence-electron chi connectivity index (χ1n) is 9.95. The summed E-state index contributed by atoms with van der Waals surface area (Å²) in [4.78, 5) is 12.9. The van der Waals surface area contributed by atoms with Gasteiger partial charge >= 0.3 is 0 Å². The summed E-state index contributed by atoms with van der Waals surface area (Å²) in [6.45, 7) is 1.83.